The first kappa shape index (κ1) is 8.44. The van der Waals surface area contributed by atoms with Crippen LogP contribution in [0.5, 0.6) is 0 Å². The third kappa shape index (κ3) is 0.951. The van der Waals surface area contributed by atoms with Gasteiger partial charge in [0.25, 0.3) is 0 Å². The van der Waals surface area contributed by atoms with E-state index < -0.39 is 23.6 Å². The third-order valence-corrected chi connectivity index (χ3v) is 2.56. The highest BCUT2D eigenvalue weighted by Gasteiger charge is 2.57. The molecule has 0 saturated carbocycles. The molecule has 3 atom stereocenters. The summed E-state index contributed by atoms with van der Waals surface area (Å²) in [5.74, 6) is -1.50. The Morgan fingerprint density at radius 1 is 1.69 bits per heavy atom. The minimum Gasteiger partial charge on any atom is -0.468 e. The summed E-state index contributed by atoms with van der Waals surface area (Å²) in [6, 6.07) is 0. The van der Waals surface area contributed by atoms with Crippen LogP contribution in [0.2, 0.25) is 0 Å². The van der Waals surface area contributed by atoms with Gasteiger partial charge in [-0.15, -0.1) is 0 Å². The SMILES string of the molecule is COC(=O)C1C(=O)C2C=CC1(C)O2. The Labute approximate surface area is 75.5 Å². The molecule has 2 aliphatic rings. The van der Waals surface area contributed by atoms with Crippen LogP contribution in [0.3, 0.4) is 0 Å². The molecule has 4 heteroatoms. The van der Waals surface area contributed by atoms with Gasteiger partial charge in [-0.3, -0.25) is 9.59 Å². The molecule has 0 amide bonds. The number of fused-ring (bicyclic) bond motifs is 2. The smallest absolute Gasteiger partial charge is 0.319 e. The molecule has 1 saturated heterocycles. The van der Waals surface area contributed by atoms with Crippen LogP contribution in [0.1, 0.15) is 6.92 Å². The largest absolute Gasteiger partial charge is 0.468 e. The van der Waals surface area contributed by atoms with Crippen molar-refractivity contribution in [3.8, 4) is 0 Å². The highest BCUT2D eigenvalue weighted by Crippen LogP contribution is 2.40. The predicted octanol–water partition coefficient (Wildman–Crippen LogP) is 0.0720. The maximum Gasteiger partial charge on any atom is 0.319 e. The quantitative estimate of drug-likeness (QED) is 0.327. The van der Waals surface area contributed by atoms with E-state index in [1.807, 2.05) is 0 Å². The minimum atomic E-state index is -0.785. The van der Waals surface area contributed by atoms with Crippen LogP contribution < -0.4 is 0 Å². The highest BCUT2D eigenvalue weighted by atomic mass is 16.5. The Hall–Kier alpha value is -1.16. The van der Waals surface area contributed by atoms with E-state index in [4.69, 9.17) is 4.74 Å². The summed E-state index contributed by atoms with van der Waals surface area (Å²) in [6.45, 7) is 1.72. The average molecular weight is 182 g/mol. The summed E-state index contributed by atoms with van der Waals surface area (Å²) in [5, 5.41) is 0. The number of hydrogen-bond donors (Lipinski definition) is 0. The van der Waals surface area contributed by atoms with Gasteiger partial charge in [0.1, 0.15) is 11.7 Å². The van der Waals surface area contributed by atoms with E-state index in [1.165, 1.54) is 7.11 Å². The Balaban J connectivity index is 2.35. The molecule has 2 bridgehead atoms. The fourth-order valence-electron chi connectivity index (χ4n) is 1.86. The maximum atomic E-state index is 11.5. The molecule has 2 rings (SSSR count). The molecule has 0 aromatic carbocycles. The van der Waals surface area contributed by atoms with Gasteiger partial charge in [-0.1, -0.05) is 6.08 Å². The fourth-order valence-corrected chi connectivity index (χ4v) is 1.86. The summed E-state index contributed by atoms with van der Waals surface area (Å²) in [4.78, 5) is 22.8. The standard InChI is InChI=1S/C9H10O4/c1-9-4-3-5(13-9)7(10)6(9)8(11)12-2/h3-6H,1-2H3. The summed E-state index contributed by atoms with van der Waals surface area (Å²) < 4.78 is 9.89. The number of ketones is 1. The average Bonchev–Trinajstić information content (AvgIpc) is 2.57. The zero-order valence-electron chi connectivity index (χ0n) is 7.44. The van der Waals surface area contributed by atoms with E-state index in [0.717, 1.165) is 0 Å². The lowest BCUT2D eigenvalue weighted by atomic mass is 9.83. The molecule has 2 heterocycles. The van der Waals surface area contributed by atoms with Crippen LogP contribution in [-0.2, 0) is 19.1 Å². The summed E-state index contributed by atoms with van der Waals surface area (Å²) in [5.41, 5.74) is -0.783. The van der Waals surface area contributed by atoms with E-state index in [2.05, 4.69) is 4.74 Å². The van der Waals surface area contributed by atoms with Crippen LogP contribution in [0.25, 0.3) is 0 Å². The van der Waals surface area contributed by atoms with Crippen molar-refractivity contribution in [3.05, 3.63) is 12.2 Å². The molecule has 0 aliphatic carbocycles. The molecule has 0 radical (unpaired) electrons. The van der Waals surface area contributed by atoms with Crippen LogP contribution in [0.15, 0.2) is 12.2 Å². The van der Waals surface area contributed by atoms with Gasteiger partial charge in [-0.2, -0.15) is 0 Å². The van der Waals surface area contributed by atoms with Crippen LogP contribution in [0.4, 0.5) is 0 Å². The van der Waals surface area contributed by atoms with Crippen molar-refractivity contribution in [1.82, 2.24) is 0 Å². The van der Waals surface area contributed by atoms with Gasteiger partial charge in [0.15, 0.2) is 11.7 Å². The maximum absolute atomic E-state index is 11.5. The molecular formula is C9H10O4. The number of ether oxygens (including phenoxy) is 2. The molecule has 0 aromatic rings. The Morgan fingerprint density at radius 3 is 2.85 bits per heavy atom. The number of methoxy groups -OCH3 is 1. The normalized spacial score (nSPS) is 41.2. The van der Waals surface area contributed by atoms with E-state index in [-0.39, 0.29) is 5.78 Å². The topological polar surface area (TPSA) is 52.6 Å². The number of carbonyl (C=O) groups excluding carboxylic acids is 2. The molecule has 0 aromatic heterocycles. The summed E-state index contributed by atoms with van der Waals surface area (Å²) in [6.07, 6.45) is 2.89. The molecule has 2 aliphatic heterocycles. The van der Waals surface area contributed by atoms with E-state index in [0.29, 0.717) is 0 Å². The molecule has 3 unspecified atom stereocenters. The van der Waals surface area contributed by atoms with E-state index in [9.17, 15) is 9.59 Å². The lowest BCUT2D eigenvalue weighted by molar-refractivity contribution is -0.151. The zero-order valence-corrected chi connectivity index (χ0v) is 7.44. The number of rotatable bonds is 1. The van der Waals surface area contributed by atoms with Crippen molar-refractivity contribution < 1.29 is 19.1 Å². The fraction of sp³-hybridized carbons (Fsp3) is 0.556. The van der Waals surface area contributed by atoms with Crippen molar-refractivity contribution in [1.29, 1.82) is 0 Å². The summed E-state index contributed by atoms with van der Waals surface area (Å²) in [7, 11) is 1.27. The van der Waals surface area contributed by atoms with Crippen LogP contribution >= 0.6 is 0 Å². The molecule has 70 valence electrons. The number of carbonyl (C=O) groups is 2. The van der Waals surface area contributed by atoms with Crippen molar-refractivity contribution in [2.75, 3.05) is 7.11 Å². The first-order valence-corrected chi connectivity index (χ1v) is 4.07. The predicted molar refractivity (Wildman–Crippen MR) is 42.9 cm³/mol. The number of esters is 1. The molecule has 4 nitrogen and oxygen atoms in total. The number of hydrogen-bond acceptors (Lipinski definition) is 4. The summed E-state index contributed by atoms with van der Waals surface area (Å²) >= 11 is 0. The van der Waals surface area contributed by atoms with Gasteiger partial charge in [-0.25, -0.2) is 0 Å². The molecule has 13 heavy (non-hydrogen) atoms. The van der Waals surface area contributed by atoms with Gasteiger partial charge in [0.05, 0.1) is 7.11 Å². The first-order chi connectivity index (χ1) is 6.08. The zero-order chi connectivity index (χ0) is 9.64. The molecular weight excluding hydrogens is 172 g/mol. The first-order valence-electron chi connectivity index (χ1n) is 4.07. The van der Waals surface area contributed by atoms with Crippen molar-refractivity contribution in [2.24, 2.45) is 5.92 Å². The van der Waals surface area contributed by atoms with Gasteiger partial charge in [0.2, 0.25) is 0 Å². The second-order valence-corrected chi connectivity index (χ2v) is 3.44. The number of Topliss-reactive ketones (excluding diaryl/α,β-unsaturated/α-hetero) is 1. The van der Waals surface area contributed by atoms with Gasteiger partial charge < -0.3 is 9.47 Å². The molecule has 0 spiro atoms. The van der Waals surface area contributed by atoms with Crippen molar-refractivity contribution >= 4 is 11.8 Å². The lowest BCUT2D eigenvalue weighted by Gasteiger charge is -2.21. The Morgan fingerprint density at radius 2 is 2.38 bits per heavy atom. The van der Waals surface area contributed by atoms with Crippen molar-refractivity contribution in [2.45, 2.75) is 18.6 Å². The second-order valence-electron chi connectivity index (χ2n) is 3.44. The van der Waals surface area contributed by atoms with Gasteiger partial charge in [0, 0.05) is 0 Å². The highest BCUT2D eigenvalue weighted by molar-refractivity contribution is 6.06. The van der Waals surface area contributed by atoms with Crippen LogP contribution in [0, 0.1) is 5.92 Å². The van der Waals surface area contributed by atoms with Gasteiger partial charge in [-0.05, 0) is 13.0 Å². The Kier molecular flexibility index (Phi) is 1.57. The van der Waals surface area contributed by atoms with E-state index in [1.54, 1.807) is 19.1 Å². The monoisotopic (exact) mass is 182 g/mol. The second kappa shape index (κ2) is 2.42. The van der Waals surface area contributed by atoms with Crippen molar-refractivity contribution in [3.63, 3.8) is 0 Å². The molecule has 0 N–H and O–H groups in total. The molecule has 1 fully saturated rings. The third-order valence-electron chi connectivity index (χ3n) is 2.56. The minimum absolute atomic E-state index is 0.197. The Bertz CT molecular complexity index is 307. The van der Waals surface area contributed by atoms with E-state index >= 15 is 0 Å². The van der Waals surface area contributed by atoms with Gasteiger partial charge >= 0.3 is 5.97 Å². The van der Waals surface area contributed by atoms with Crippen LogP contribution in [-0.4, -0.2) is 30.6 Å². The lowest BCUT2D eigenvalue weighted by Crippen LogP contribution is -2.39.